The van der Waals surface area contributed by atoms with Crippen LogP contribution in [-0.2, 0) is 42.9 Å². The first-order chi connectivity index (χ1) is 19.5. The quantitative estimate of drug-likeness (QED) is 0.194. The van der Waals surface area contributed by atoms with Crippen molar-refractivity contribution in [2.45, 2.75) is 51.1 Å². The van der Waals surface area contributed by atoms with E-state index in [-0.39, 0.29) is 29.9 Å². The molecule has 2 atom stereocenters. The standard InChI is InChI=1S/C27H28F3NO10S/c1-5-19(32)41-22-16(21(39-3)14(2)17-13-40-24(34)20(17)22)11-12-18(27(28,29)30)23(33)26(25(35)36,31-42(4,37)38)15-9-7-6-8-10-15/h6-10,12,23,31,33H,5,11,13H2,1-4H3,(H,35,36)/b18-12+. The van der Waals surface area contributed by atoms with Crippen molar-refractivity contribution in [3.63, 3.8) is 0 Å². The Kier molecular flexibility index (Phi) is 9.39. The molecular weight excluding hydrogens is 587 g/mol. The van der Waals surface area contributed by atoms with Crippen molar-refractivity contribution in [2.24, 2.45) is 0 Å². The third-order valence-corrected chi connectivity index (χ3v) is 7.29. The van der Waals surface area contributed by atoms with Crippen molar-refractivity contribution < 1.29 is 60.4 Å². The molecule has 2 aromatic carbocycles. The summed E-state index contributed by atoms with van der Waals surface area (Å²) < 4.78 is 85.5. The first-order valence-corrected chi connectivity index (χ1v) is 14.2. The number of fused-ring (bicyclic) bond motifs is 1. The van der Waals surface area contributed by atoms with Gasteiger partial charge in [0.1, 0.15) is 24.0 Å². The van der Waals surface area contributed by atoms with E-state index >= 15 is 0 Å². The van der Waals surface area contributed by atoms with Crippen LogP contribution in [0.4, 0.5) is 13.2 Å². The van der Waals surface area contributed by atoms with Crippen LogP contribution in [-0.4, -0.2) is 62.2 Å². The Bertz CT molecular complexity index is 1540. The highest BCUT2D eigenvalue weighted by molar-refractivity contribution is 7.88. The zero-order valence-corrected chi connectivity index (χ0v) is 23.7. The highest BCUT2D eigenvalue weighted by atomic mass is 32.2. The van der Waals surface area contributed by atoms with Crippen molar-refractivity contribution in [1.29, 1.82) is 0 Å². The first-order valence-electron chi connectivity index (χ1n) is 12.3. The van der Waals surface area contributed by atoms with Crippen LogP contribution in [0.25, 0.3) is 0 Å². The number of hydrogen-bond donors (Lipinski definition) is 3. The van der Waals surface area contributed by atoms with Gasteiger partial charge in [-0.2, -0.15) is 17.9 Å². The average Bonchev–Trinajstić information content (AvgIpc) is 3.29. The second-order valence-corrected chi connectivity index (χ2v) is 11.1. The van der Waals surface area contributed by atoms with Gasteiger partial charge < -0.3 is 24.4 Å². The van der Waals surface area contributed by atoms with Crippen molar-refractivity contribution in [3.05, 3.63) is 69.8 Å². The van der Waals surface area contributed by atoms with Crippen molar-refractivity contribution in [3.8, 4) is 11.5 Å². The lowest BCUT2D eigenvalue weighted by Gasteiger charge is -2.36. The number of esters is 2. The number of allylic oxidation sites excluding steroid dienone is 1. The summed E-state index contributed by atoms with van der Waals surface area (Å²) in [5, 5.41) is 21.3. The summed E-state index contributed by atoms with van der Waals surface area (Å²) in [6, 6.07) is 6.02. The molecule has 0 saturated carbocycles. The van der Waals surface area contributed by atoms with Gasteiger partial charge in [-0.1, -0.05) is 43.3 Å². The van der Waals surface area contributed by atoms with Gasteiger partial charge in [-0.05, 0) is 24.5 Å². The van der Waals surface area contributed by atoms with Gasteiger partial charge in [0.05, 0.1) is 18.9 Å². The number of aliphatic carboxylic acids is 1. The van der Waals surface area contributed by atoms with Gasteiger partial charge in [-0.3, -0.25) is 4.79 Å². The molecule has 15 heteroatoms. The molecule has 0 radical (unpaired) electrons. The summed E-state index contributed by atoms with van der Waals surface area (Å²) in [4.78, 5) is 37.3. The van der Waals surface area contributed by atoms with Crippen LogP contribution in [0, 0.1) is 6.92 Å². The molecule has 0 bridgehead atoms. The molecule has 1 aliphatic heterocycles. The predicted octanol–water partition coefficient (Wildman–Crippen LogP) is 2.91. The zero-order valence-electron chi connectivity index (χ0n) is 22.9. The summed E-state index contributed by atoms with van der Waals surface area (Å²) >= 11 is 0. The minimum atomic E-state index is -5.40. The van der Waals surface area contributed by atoms with Gasteiger partial charge >= 0.3 is 24.1 Å². The van der Waals surface area contributed by atoms with Gasteiger partial charge in [0.15, 0.2) is 11.3 Å². The van der Waals surface area contributed by atoms with E-state index in [1.807, 2.05) is 0 Å². The Hall–Kier alpha value is -3.95. The van der Waals surface area contributed by atoms with E-state index in [0.29, 0.717) is 23.5 Å². The molecule has 3 N–H and O–H groups in total. The van der Waals surface area contributed by atoms with Crippen molar-refractivity contribution >= 4 is 27.9 Å². The molecule has 0 amide bonds. The summed E-state index contributed by atoms with van der Waals surface area (Å²) in [5.41, 5.74) is -5.30. The van der Waals surface area contributed by atoms with Crippen LogP contribution < -0.4 is 14.2 Å². The second kappa shape index (κ2) is 12.1. The molecule has 0 spiro atoms. The van der Waals surface area contributed by atoms with Gasteiger partial charge in [0, 0.05) is 17.5 Å². The number of carbonyl (C=O) groups is 3. The molecule has 1 heterocycles. The van der Waals surface area contributed by atoms with Crippen LogP contribution in [0.3, 0.4) is 0 Å². The predicted molar refractivity (Wildman–Crippen MR) is 140 cm³/mol. The number of benzene rings is 2. The van der Waals surface area contributed by atoms with Crippen LogP contribution in [0.1, 0.15) is 46.0 Å². The number of ether oxygens (including phenoxy) is 3. The van der Waals surface area contributed by atoms with Crippen LogP contribution in [0.2, 0.25) is 0 Å². The van der Waals surface area contributed by atoms with E-state index in [1.165, 1.54) is 39.2 Å². The Morgan fingerprint density at radius 3 is 2.31 bits per heavy atom. The van der Waals surface area contributed by atoms with Crippen LogP contribution in [0.15, 0.2) is 42.0 Å². The highest BCUT2D eigenvalue weighted by Crippen LogP contribution is 2.44. The van der Waals surface area contributed by atoms with Crippen LogP contribution >= 0.6 is 0 Å². The minimum absolute atomic E-state index is 0.0416. The number of aliphatic hydroxyl groups excluding tert-OH is 1. The number of hydrogen-bond acceptors (Lipinski definition) is 9. The van der Waals surface area contributed by atoms with Crippen molar-refractivity contribution in [1.82, 2.24) is 4.72 Å². The summed E-state index contributed by atoms with van der Waals surface area (Å²) in [6.07, 6.45) is -8.43. The minimum Gasteiger partial charge on any atom is -0.496 e. The Morgan fingerprint density at radius 2 is 1.81 bits per heavy atom. The summed E-state index contributed by atoms with van der Waals surface area (Å²) in [7, 11) is -3.33. The molecule has 0 saturated heterocycles. The van der Waals surface area contributed by atoms with Gasteiger partial charge in [-0.15, -0.1) is 0 Å². The van der Waals surface area contributed by atoms with E-state index in [4.69, 9.17) is 14.2 Å². The number of cyclic esters (lactones) is 1. The lowest BCUT2D eigenvalue weighted by molar-refractivity contribution is -0.152. The lowest BCUT2D eigenvalue weighted by atomic mass is 9.81. The molecule has 11 nitrogen and oxygen atoms in total. The number of nitrogens with one attached hydrogen (secondary N) is 1. The van der Waals surface area contributed by atoms with Gasteiger partial charge in [0.25, 0.3) is 0 Å². The molecule has 0 aromatic heterocycles. The molecule has 228 valence electrons. The topological polar surface area (TPSA) is 166 Å². The Labute approximate surface area is 238 Å². The summed E-state index contributed by atoms with van der Waals surface area (Å²) in [6.45, 7) is 2.76. The van der Waals surface area contributed by atoms with E-state index < -0.39 is 69.1 Å². The van der Waals surface area contributed by atoms with Crippen molar-refractivity contribution in [2.75, 3.05) is 13.4 Å². The van der Waals surface area contributed by atoms with Crippen LogP contribution in [0.5, 0.6) is 11.5 Å². The highest BCUT2D eigenvalue weighted by Gasteiger charge is 2.55. The number of carboxylic acids is 1. The second-order valence-electron chi connectivity index (χ2n) is 9.34. The summed E-state index contributed by atoms with van der Waals surface area (Å²) in [5.74, 6) is -4.28. The maximum absolute atomic E-state index is 14.5. The van der Waals surface area contributed by atoms with E-state index in [1.54, 1.807) is 4.72 Å². The molecule has 42 heavy (non-hydrogen) atoms. The number of halogens is 3. The van der Waals surface area contributed by atoms with Gasteiger partial charge in [-0.25, -0.2) is 18.0 Å². The number of rotatable bonds is 11. The molecule has 1 aliphatic rings. The molecule has 2 unspecified atom stereocenters. The number of carboxylic acid groups (broad SMARTS) is 1. The molecule has 3 rings (SSSR count). The first kappa shape index (κ1) is 32.6. The maximum Gasteiger partial charge on any atom is 0.414 e. The third kappa shape index (κ3) is 6.27. The number of alkyl halides is 3. The fraction of sp³-hybridized carbons (Fsp3) is 0.370. The lowest BCUT2D eigenvalue weighted by Crippen LogP contribution is -2.60. The zero-order chi connectivity index (χ0) is 31.6. The van der Waals surface area contributed by atoms with E-state index in [2.05, 4.69) is 0 Å². The Balaban J connectivity index is 2.32. The fourth-order valence-corrected chi connectivity index (χ4v) is 5.59. The Morgan fingerprint density at radius 1 is 1.19 bits per heavy atom. The van der Waals surface area contributed by atoms with E-state index in [0.717, 1.165) is 12.1 Å². The largest absolute Gasteiger partial charge is 0.496 e. The van der Waals surface area contributed by atoms with E-state index in [9.17, 15) is 46.2 Å². The average molecular weight is 616 g/mol. The number of methoxy groups -OCH3 is 1. The van der Waals surface area contributed by atoms with Gasteiger partial charge in [0.2, 0.25) is 10.0 Å². The third-order valence-electron chi connectivity index (χ3n) is 6.60. The smallest absolute Gasteiger partial charge is 0.414 e. The monoisotopic (exact) mass is 615 g/mol. The number of carbonyl (C=O) groups excluding carboxylic acids is 2. The number of aliphatic hydroxyl groups is 1. The SMILES string of the molecule is CCC(=O)Oc1c(C/C=C(\C(O)C(NS(C)(=O)=O)(C(=O)O)c2ccccc2)C(F)(F)F)c(OC)c(C)c2c1C(=O)OC2. The molecule has 0 fully saturated rings. The molecular formula is C27H28F3NO10S. The molecule has 0 aliphatic carbocycles. The maximum atomic E-state index is 14.5. The fourth-order valence-electron chi connectivity index (χ4n) is 4.69. The molecule has 2 aromatic rings. The normalized spacial score (nSPS) is 15.8. The number of sulfonamides is 1.